The van der Waals surface area contributed by atoms with Crippen LogP contribution in [0.25, 0.3) is 0 Å². The molecule has 0 bridgehead atoms. The number of halogens is 3. The molecule has 2 rings (SSSR count). The Morgan fingerprint density at radius 1 is 1.24 bits per heavy atom. The molecule has 2 aromatic rings. The van der Waals surface area contributed by atoms with E-state index >= 15 is 0 Å². The highest BCUT2D eigenvalue weighted by Crippen LogP contribution is 2.33. The molecule has 0 atom stereocenters. The Kier molecular flexibility index (Phi) is 9.93. The van der Waals surface area contributed by atoms with Crippen molar-refractivity contribution in [3.8, 4) is 5.75 Å². The minimum atomic E-state index is -0.439. The third kappa shape index (κ3) is 7.62. The second kappa shape index (κ2) is 12.2. The lowest BCUT2D eigenvalue weighted by Crippen LogP contribution is -2.33. The van der Waals surface area contributed by atoms with Crippen LogP contribution in [0.1, 0.15) is 17.5 Å². The van der Waals surface area contributed by atoms with Crippen LogP contribution in [0, 0.1) is 0 Å². The highest BCUT2D eigenvalue weighted by Gasteiger charge is 2.18. The summed E-state index contributed by atoms with van der Waals surface area (Å²) in [6.45, 7) is 1.37. The molecular weight excluding hydrogens is 525 g/mol. The van der Waals surface area contributed by atoms with E-state index in [4.69, 9.17) is 22.1 Å². The van der Waals surface area contributed by atoms with Gasteiger partial charge in [0.1, 0.15) is 11.5 Å². The summed E-state index contributed by atoms with van der Waals surface area (Å²) in [6, 6.07) is 11.1. The SMILES string of the molecule is NCCCOc1c(Br)cc(Br)cc1C/C(=N\O)C(=O)NCCc1ccc(Cl)cc1. The number of amides is 1. The van der Waals surface area contributed by atoms with Crippen LogP contribution in [0.3, 0.4) is 0 Å². The van der Waals surface area contributed by atoms with E-state index < -0.39 is 5.91 Å². The maximum Gasteiger partial charge on any atom is 0.269 e. The first kappa shape index (κ1) is 23.7. The van der Waals surface area contributed by atoms with Gasteiger partial charge in [0.2, 0.25) is 0 Å². The summed E-state index contributed by atoms with van der Waals surface area (Å²) >= 11 is 12.8. The van der Waals surface area contributed by atoms with Crippen molar-refractivity contribution < 1.29 is 14.7 Å². The second-order valence-corrected chi connectivity index (χ2v) is 8.43. The minimum absolute atomic E-state index is 0.00483. The zero-order chi connectivity index (χ0) is 21.2. The zero-order valence-electron chi connectivity index (χ0n) is 15.6. The van der Waals surface area contributed by atoms with E-state index in [-0.39, 0.29) is 12.1 Å². The molecule has 0 heterocycles. The van der Waals surface area contributed by atoms with Crippen LogP contribution >= 0.6 is 43.5 Å². The van der Waals surface area contributed by atoms with Gasteiger partial charge in [-0.05, 0) is 65.1 Å². The average Bonchev–Trinajstić information content (AvgIpc) is 2.69. The smallest absolute Gasteiger partial charge is 0.269 e. The highest BCUT2D eigenvalue weighted by atomic mass is 79.9. The van der Waals surface area contributed by atoms with Gasteiger partial charge in [-0.15, -0.1) is 0 Å². The number of nitrogens with zero attached hydrogens (tertiary/aromatic N) is 1. The fourth-order valence-electron chi connectivity index (χ4n) is 2.58. The molecule has 0 radical (unpaired) electrons. The summed E-state index contributed by atoms with van der Waals surface area (Å²) in [7, 11) is 0. The van der Waals surface area contributed by atoms with Crippen LogP contribution in [0.15, 0.2) is 50.5 Å². The molecule has 0 aliphatic rings. The molecule has 0 unspecified atom stereocenters. The molecule has 4 N–H and O–H groups in total. The van der Waals surface area contributed by atoms with Crippen LogP contribution < -0.4 is 15.8 Å². The van der Waals surface area contributed by atoms with Crippen molar-refractivity contribution in [1.82, 2.24) is 5.32 Å². The number of carbonyl (C=O) groups excluding carboxylic acids is 1. The van der Waals surface area contributed by atoms with Crippen molar-refractivity contribution in [2.24, 2.45) is 10.9 Å². The Balaban J connectivity index is 2.02. The number of carbonyl (C=O) groups is 1. The van der Waals surface area contributed by atoms with Gasteiger partial charge in [-0.25, -0.2) is 0 Å². The molecule has 156 valence electrons. The van der Waals surface area contributed by atoms with Crippen LogP contribution in [0.2, 0.25) is 5.02 Å². The molecular formula is C20H22Br2ClN3O3. The number of ether oxygens (including phenoxy) is 1. The maximum atomic E-state index is 12.5. The number of hydrogen-bond acceptors (Lipinski definition) is 5. The Morgan fingerprint density at radius 2 is 1.97 bits per heavy atom. The Bertz CT molecular complexity index is 861. The molecule has 2 aromatic carbocycles. The Morgan fingerprint density at radius 3 is 2.62 bits per heavy atom. The lowest BCUT2D eigenvalue weighted by Gasteiger charge is -2.14. The summed E-state index contributed by atoms with van der Waals surface area (Å²) in [4.78, 5) is 12.5. The number of benzene rings is 2. The molecule has 0 aliphatic heterocycles. The molecule has 0 fully saturated rings. The highest BCUT2D eigenvalue weighted by molar-refractivity contribution is 9.11. The van der Waals surface area contributed by atoms with E-state index in [2.05, 4.69) is 42.3 Å². The Labute approximate surface area is 191 Å². The normalized spacial score (nSPS) is 11.4. The lowest BCUT2D eigenvalue weighted by molar-refractivity contribution is -0.115. The van der Waals surface area contributed by atoms with E-state index in [0.29, 0.717) is 48.9 Å². The molecule has 1 amide bonds. The molecule has 9 heteroatoms. The van der Waals surface area contributed by atoms with Gasteiger partial charge in [0.15, 0.2) is 0 Å². The predicted molar refractivity (Wildman–Crippen MR) is 122 cm³/mol. The predicted octanol–water partition coefficient (Wildman–Crippen LogP) is 4.32. The lowest BCUT2D eigenvalue weighted by atomic mass is 10.1. The summed E-state index contributed by atoms with van der Waals surface area (Å²) in [5.74, 6) is 0.155. The van der Waals surface area contributed by atoms with E-state index in [1.165, 1.54) is 0 Å². The molecule has 0 aliphatic carbocycles. The van der Waals surface area contributed by atoms with Crippen LogP contribution in [-0.2, 0) is 17.6 Å². The van der Waals surface area contributed by atoms with E-state index in [9.17, 15) is 10.0 Å². The number of nitrogens with one attached hydrogen (secondary N) is 1. The molecule has 0 aromatic heterocycles. The number of hydrogen-bond donors (Lipinski definition) is 3. The topological polar surface area (TPSA) is 96.9 Å². The largest absolute Gasteiger partial charge is 0.492 e. The van der Waals surface area contributed by atoms with E-state index in [0.717, 1.165) is 14.5 Å². The summed E-state index contributed by atoms with van der Waals surface area (Å²) in [5.41, 5.74) is 7.27. The van der Waals surface area contributed by atoms with Crippen molar-refractivity contribution in [1.29, 1.82) is 0 Å². The fourth-order valence-corrected chi connectivity index (χ4v) is 4.13. The maximum absolute atomic E-state index is 12.5. The molecule has 0 saturated heterocycles. The first-order valence-electron chi connectivity index (χ1n) is 8.99. The van der Waals surface area contributed by atoms with Crippen molar-refractivity contribution in [3.63, 3.8) is 0 Å². The molecule has 6 nitrogen and oxygen atoms in total. The first-order chi connectivity index (χ1) is 13.9. The van der Waals surface area contributed by atoms with Crippen molar-refractivity contribution >= 4 is 55.1 Å². The molecule has 29 heavy (non-hydrogen) atoms. The monoisotopic (exact) mass is 545 g/mol. The van der Waals surface area contributed by atoms with Crippen molar-refractivity contribution in [2.45, 2.75) is 19.3 Å². The number of rotatable bonds is 10. The van der Waals surface area contributed by atoms with Crippen LogP contribution in [0.5, 0.6) is 5.75 Å². The van der Waals surface area contributed by atoms with Crippen LogP contribution in [-0.4, -0.2) is 36.5 Å². The van der Waals surface area contributed by atoms with Gasteiger partial charge < -0.3 is 21.0 Å². The number of oxime groups is 1. The quantitative estimate of drug-likeness (QED) is 0.179. The van der Waals surface area contributed by atoms with Gasteiger partial charge in [0.05, 0.1) is 11.1 Å². The second-order valence-electron chi connectivity index (χ2n) is 6.22. The zero-order valence-corrected chi connectivity index (χ0v) is 19.6. The minimum Gasteiger partial charge on any atom is -0.492 e. The average molecular weight is 548 g/mol. The van der Waals surface area contributed by atoms with Gasteiger partial charge in [-0.3, -0.25) is 4.79 Å². The molecule has 0 spiro atoms. The van der Waals surface area contributed by atoms with Gasteiger partial charge in [0, 0.05) is 28.0 Å². The van der Waals surface area contributed by atoms with Crippen LogP contribution in [0.4, 0.5) is 0 Å². The number of nitrogens with two attached hydrogens (primary N) is 1. The fraction of sp³-hybridized carbons (Fsp3) is 0.300. The first-order valence-corrected chi connectivity index (χ1v) is 10.9. The van der Waals surface area contributed by atoms with Crippen molar-refractivity contribution in [2.75, 3.05) is 19.7 Å². The van der Waals surface area contributed by atoms with Gasteiger partial charge in [0.25, 0.3) is 5.91 Å². The molecule has 0 saturated carbocycles. The third-order valence-electron chi connectivity index (χ3n) is 4.03. The Hall–Kier alpha value is -1.61. The van der Waals surface area contributed by atoms with Gasteiger partial charge >= 0.3 is 0 Å². The van der Waals surface area contributed by atoms with Gasteiger partial charge in [-0.1, -0.05) is 44.8 Å². The van der Waals surface area contributed by atoms with E-state index in [1.54, 1.807) is 12.1 Å². The summed E-state index contributed by atoms with van der Waals surface area (Å²) in [6.07, 6.45) is 1.45. The standard InChI is InChI=1S/C20H22Br2ClN3O3/c21-15-10-14(19(17(22)12-15)29-9-1-7-24)11-18(26-28)20(27)25-8-6-13-2-4-16(23)5-3-13/h2-5,10,12,28H,1,6-9,11,24H2,(H,25,27)/b26-18+. The summed E-state index contributed by atoms with van der Waals surface area (Å²) in [5, 5.41) is 16.0. The summed E-state index contributed by atoms with van der Waals surface area (Å²) < 4.78 is 7.36. The van der Waals surface area contributed by atoms with Gasteiger partial charge in [-0.2, -0.15) is 0 Å². The van der Waals surface area contributed by atoms with E-state index in [1.807, 2.05) is 24.3 Å². The van der Waals surface area contributed by atoms with Crippen molar-refractivity contribution in [3.05, 3.63) is 61.5 Å². The third-order valence-corrected chi connectivity index (χ3v) is 5.33.